The second kappa shape index (κ2) is 11.7. The second-order valence-electron chi connectivity index (χ2n) is 13.2. The average Bonchev–Trinajstić information content (AvgIpc) is 3.64. The van der Waals surface area contributed by atoms with Crippen LogP contribution >= 0.6 is 0 Å². The molecular formula is C45H35N3O. The van der Waals surface area contributed by atoms with Crippen LogP contribution in [0.1, 0.15) is 60.9 Å². The molecule has 0 amide bonds. The third kappa shape index (κ3) is 4.86. The number of amidine groups is 1. The largest absolute Gasteiger partial charge is 0.456 e. The average molecular weight is 634 g/mol. The Hall–Kier alpha value is -5.87. The third-order valence-electron chi connectivity index (χ3n) is 10.4. The number of pyridine rings is 1. The molecule has 236 valence electrons. The maximum atomic E-state index is 6.35. The number of hydrogen-bond acceptors (Lipinski definition) is 4. The highest BCUT2D eigenvalue weighted by Gasteiger charge is 2.41. The van der Waals surface area contributed by atoms with Crippen molar-refractivity contribution in [2.75, 3.05) is 0 Å². The normalized spacial score (nSPS) is 18.2. The number of para-hydroxylation sites is 1. The Balaban J connectivity index is 1.20. The number of benzene rings is 5. The summed E-state index contributed by atoms with van der Waals surface area (Å²) in [6, 6.07) is 44.6. The van der Waals surface area contributed by atoms with Crippen LogP contribution in [0.25, 0.3) is 50.0 Å². The standard InChI is InChI=1S/C45H35N3O/c1-3-45(2)37-27-36-33-20-10-11-23-40(33)49-41(36)28-35(37)34-24-25-46-43(42(34)45)31-18-12-19-32(26-31)44-47-38(29-14-6-4-7-15-29)21-13-22-39(48-44)30-16-8-5-9-17-30/h4-12,14-21,23-28H,3,13,22H2,1-2H3/b38-21-,47-44?,48-39?. The summed E-state index contributed by atoms with van der Waals surface area (Å²) in [7, 11) is 0. The maximum Gasteiger partial charge on any atom is 0.160 e. The van der Waals surface area contributed by atoms with Crippen LogP contribution in [0.5, 0.6) is 0 Å². The molecule has 0 saturated carbocycles. The number of fused-ring (bicyclic) bond motifs is 6. The second-order valence-corrected chi connectivity index (χ2v) is 13.2. The van der Waals surface area contributed by atoms with Gasteiger partial charge in [-0.1, -0.05) is 117 Å². The van der Waals surface area contributed by atoms with Crippen molar-refractivity contribution in [3.05, 3.63) is 167 Å². The highest BCUT2D eigenvalue weighted by molar-refractivity contribution is 6.14. The SMILES string of the molecule is CCC1(C)c2cc3c(cc2-c2ccnc(-c4cccc(C5=N/C(c6ccccc6)=C\CCC(c6ccccc6)=N5)c4)c21)oc1ccccc13. The monoisotopic (exact) mass is 633 g/mol. The van der Waals surface area contributed by atoms with Crippen molar-refractivity contribution in [1.82, 2.24) is 4.98 Å². The van der Waals surface area contributed by atoms with Crippen molar-refractivity contribution in [1.29, 1.82) is 0 Å². The third-order valence-corrected chi connectivity index (χ3v) is 10.4. The molecule has 5 aromatic carbocycles. The molecule has 7 aromatic rings. The molecule has 2 aromatic heterocycles. The van der Waals surface area contributed by atoms with Crippen LogP contribution in [0.4, 0.5) is 0 Å². The summed E-state index contributed by atoms with van der Waals surface area (Å²) in [5.41, 5.74) is 13.9. The van der Waals surface area contributed by atoms with Crippen LogP contribution in [0, 0.1) is 0 Å². The summed E-state index contributed by atoms with van der Waals surface area (Å²) < 4.78 is 6.35. The van der Waals surface area contributed by atoms with E-state index in [4.69, 9.17) is 19.4 Å². The van der Waals surface area contributed by atoms with E-state index in [1.165, 1.54) is 22.3 Å². The lowest BCUT2D eigenvalue weighted by molar-refractivity contribution is 0.564. The van der Waals surface area contributed by atoms with Gasteiger partial charge in [-0.05, 0) is 83.0 Å². The molecule has 2 aliphatic rings. The molecule has 1 aliphatic carbocycles. The molecule has 0 fully saturated rings. The van der Waals surface area contributed by atoms with Gasteiger partial charge in [0.25, 0.3) is 0 Å². The van der Waals surface area contributed by atoms with E-state index in [-0.39, 0.29) is 5.41 Å². The van der Waals surface area contributed by atoms with Gasteiger partial charge in [0, 0.05) is 33.5 Å². The highest BCUT2D eigenvalue weighted by atomic mass is 16.3. The van der Waals surface area contributed by atoms with Gasteiger partial charge in [-0.25, -0.2) is 9.98 Å². The Bertz CT molecular complexity index is 2490. The number of aliphatic imine (C=N–C) groups is 2. The number of nitrogens with zero attached hydrogens (tertiary/aromatic N) is 3. The van der Waals surface area contributed by atoms with Crippen LogP contribution in [0.15, 0.2) is 154 Å². The topological polar surface area (TPSA) is 50.8 Å². The molecule has 0 N–H and O–H groups in total. The zero-order chi connectivity index (χ0) is 33.0. The van der Waals surface area contributed by atoms with Crippen LogP contribution in [-0.2, 0) is 5.41 Å². The van der Waals surface area contributed by atoms with Crippen molar-refractivity contribution in [2.24, 2.45) is 9.98 Å². The van der Waals surface area contributed by atoms with E-state index in [1.54, 1.807) is 0 Å². The fourth-order valence-electron chi connectivity index (χ4n) is 7.70. The molecule has 1 atom stereocenters. The molecule has 3 heterocycles. The van der Waals surface area contributed by atoms with E-state index in [1.807, 2.05) is 30.5 Å². The van der Waals surface area contributed by atoms with Crippen LogP contribution < -0.4 is 0 Å². The lowest BCUT2D eigenvalue weighted by Gasteiger charge is -2.27. The van der Waals surface area contributed by atoms with Gasteiger partial charge in [0.15, 0.2) is 5.84 Å². The predicted molar refractivity (Wildman–Crippen MR) is 202 cm³/mol. The molecule has 1 unspecified atom stereocenters. The molecule has 0 spiro atoms. The Morgan fingerprint density at radius 2 is 1.39 bits per heavy atom. The molecule has 1 aliphatic heterocycles. The summed E-state index contributed by atoms with van der Waals surface area (Å²) in [6.07, 6.45) is 6.83. The summed E-state index contributed by atoms with van der Waals surface area (Å²) >= 11 is 0. The summed E-state index contributed by atoms with van der Waals surface area (Å²) in [5, 5.41) is 2.31. The van der Waals surface area contributed by atoms with Crippen molar-refractivity contribution in [3.8, 4) is 22.4 Å². The first-order valence-electron chi connectivity index (χ1n) is 17.1. The van der Waals surface area contributed by atoms with Gasteiger partial charge in [-0.2, -0.15) is 0 Å². The number of rotatable bonds is 5. The first-order valence-corrected chi connectivity index (χ1v) is 17.1. The summed E-state index contributed by atoms with van der Waals surface area (Å²) in [6.45, 7) is 4.65. The zero-order valence-electron chi connectivity index (χ0n) is 27.7. The Kier molecular flexibility index (Phi) is 6.98. The molecule has 4 nitrogen and oxygen atoms in total. The summed E-state index contributed by atoms with van der Waals surface area (Å²) in [4.78, 5) is 15.6. The number of hydrogen-bond donors (Lipinski definition) is 0. The van der Waals surface area contributed by atoms with Crippen LogP contribution in [-0.4, -0.2) is 16.5 Å². The van der Waals surface area contributed by atoms with Crippen molar-refractivity contribution in [2.45, 2.75) is 38.5 Å². The van der Waals surface area contributed by atoms with Gasteiger partial charge in [0.1, 0.15) is 11.2 Å². The molecular weight excluding hydrogens is 599 g/mol. The van der Waals surface area contributed by atoms with E-state index >= 15 is 0 Å². The van der Waals surface area contributed by atoms with Crippen LogP contribution in [0.2, 0.25) is 0 Å². The van der Waals surface area contributed by atoms with E-state index in [2.05, 4.69) is 123 Å². The van der Waals surface area contributed by atoms with Crippen molar-refractivity contribution < 1.29 is 4.42 Å². The summed E-state index contributed by atoms with van der Waals surface area (Å²) in [5.74, 6) is 0.705. The van der Waals surface area contributed by atoms with Gasteiger partial charge in [-0.3, -0.25) is 4.98 Å². The van der Waals surface area contributed by atoms with Gasteiger partial charge in [0.2, 0.25) is 0 Å². The number of allylic oxidation sites excluding steroid dienone is 1. The smallest absolute Gasteiger partial charge is 0.160 e. The van der Waals surface area contributed by atoms with E-state index in [9.17, 15) is 0 Å². The zero-order valence-corrected chi connectivity index (χ0v) is 27.7. The molecule has 49 heavy (non-hydrogen) atoms. The minimum atomic E-state index is -0.226. The molecule has 0 saturated heterocycles. The van der Waals surface area contributed by atoms with Crippen LogP contribution in [0.3, 0.4) is 0 Å². The minimum Gasteiger partial charge on any atom is -0.456 e. The van der Waals surface area contributed by atoms with E-state index < -0.39 is 0 Å². The van der Waals surface area contributed by atoms with Gasteiger partial charge >= 0.3 is 0 Å². The van der Waals surface area contributed by atoms with E-state index in [0.29, 0.717) is 5.84 Å². The maximum absolute atomic E-state index is 6.35. The quantitative estimate of drug-likeness (QED) is 0.189. The van der Waals surface area contributed by atoms with Crippen molar-refractivity contribution in [3.63, 3.8) is 0 Å². The lowest BCUT2D eigenvalue weighted by Crippen LogP contribution is -2.20. The molecule has 0 bridgehead atoms. The first-order chi connectivity index (χ1) is 24.1. The van der Waals surface area contributed by atoms with E-state index in [0.717, 1.165) is 80.6 Å². The predicted octanol–water partition coefficient (Wildman–Crippen LogP) is 11.4. The number of furan rings is 1. The first kappa shape index (κ1) is 29.3. The molecule has 4 heteroatoms. The van der Waals surface area contributed by atoms with Gasteiger partial charge < -0.3 is 4.42 Å². The lowest BCUT2D eigenvalue weighted by atomic mass is 9.76. The van der Waals surface area contributed by atoms with Gasteiger partial charge in [-0.15, -0.1) is 0 Å². The minimum absolute atomic E-state index is 0.226. The Morgan fingerprint density at radius 3 is 2.20 bits per heavy atom. The molecule has 9 rings (SSSR count). The van der Waals surface area contributed by atoms with Crippen molar-refractivity contribution >= 4 is 39.2 Å². The fourth-order valence-corrected chi connectivity index (χ4v) is 7.70. The fraction of sp³-hybridized carbons (Fsp3) is 0.133. The Morgan fingerprint density at radius 1 is 0.653 bits per heavy atom. The highest BCUT2D eigenvalue weighted by Crippen LogP contribution is 2.54. The molecule has 0 radical (unpaired) electrons. The Labute approximate surface area is 286 Å². The van der Waals surface area contributed by atoms with Gasteiger partial charge in [0.05, 0.1) is 17.1 Å². The number of aromatic nitrogens is 1.